The SMILES string of the molecule is Nc1ccc(C(=CC2CCCC2)C(=O)Nc2ncc(Cl)s2)cn1. The summed E-state index contributed by atoms with van der Waals surface area (Å²) in [6.07, 6.45) is 9.84. The molecular formula is C16H17ClN4OS. The van der Waals surface area contributed by atoms with Crippen molar-refractivity contribution in [2.24, 2.45) is 5.92 Å². The number of halogens is 1. The molecule has 0 radical (unpaired) electrons. The minimum absolute atomic E-state index is 0.200. The molecule has 1 fully saturated rings. The first-order valence-corrected chi connectivity index (χ1v) is 8.67. The number of pyridine rings is 1. The lowest BCUT2D eigenvalue weighted by Gasteiger charge is -2.10. The fraction of sp³-hybridized carbons (Fsp3) is 0.312. The smallest absolute Gasteiger partial charge is 0.257 e. The monoisotopic (exact) mass is 348 g/mol. The Morgan fingerprint density at radius 2 is 2.09 bits per heavy atom. The van der Waals surface area contributed by atoms with Crippen molar-refractivity contribution in [1.29, 1.82) is 0 Å². The zero-order chi connectivity index (χ0) is 16.2. The molecule has 0 spiro atoms. The van der Waals surface area contributed by atoms with E-state index in [1.165, 1.54) is 30.4 Å². The number of anilines is 2. The molecule has 2 aromatic heterocycles. The van der Waals surface area contributed by atoms with Crippen LogP contribution in [0.15, 0.2) is 30.6 Å². The number of aromatic nitrogens is 2. The quantitative estimate of drug-likeness (QED) is 0.819. The first-order chi connectivity index (χ1) is 11.1. The van der Waals surface area contributed by atoms with Crippen LogP contribution < -0.4 is 11.1 Å². The normalized spacial score (nSPS) is 15.8. The molecule has 2 heterocycles. The van der Waals surface area contributed by atoms with Gasteiger partial charge in [-0.25, -0.2) is 9.97 Å². The second-order valence-corrected chi connectivity index (χ2v) is 7.18. The van der Waals surface area contributed by atoms with Gasteiger partial charge in [-0.15, -0.1) is 0 Å². The molecule has 1 saturated carbocycles. The van der Waals surface area contributed by atoms with Gasteiger partial charge in [0.25, 0.3) is 5.91 Å². The Morgan fingerprint density at radius 3 is 2.70 bits per heavy atom. The van der Waals surface area contributed by atoms with E-state index < -0.39 is 0 Å². The number of nitrogens with zero attached hydrogens (tertiary/aromatic N) is 2. The molecule has 0 unspecified atom stereocenters. The Hall–Kier alpha value is -1.92. The summed E-state index contributed by atoms with van der Waals surface area (Å²) in [4.78, 5) is 20.8. The third-order valence-corrected chi connectivity index (χ3v) is 4.87. The van der Waals surface area contributed by atoms with Crippen molar-refractivity contribution < 1.29 is 4.79 Å². The summed E-state index contributed by atoms with van der Waals surface area (Å²) >= 11 is 7.09. The van der Waals surface area contributed by atoms with Gasteiger partial charge in [0.2, 0.25) is 0 Å². The summed E-state index contributed by atoms with van der Waals surface area (Å²) in [5.74, 6) is 0.656. The molecule has 3 N–H and O–H groups in total. The molecule has 0 aliphatic heterocycles. The summed E-state index contributed by atoms with van der Waals surface area (Å²) < 4.78 is 0.538. The summed E-state index contributed by atoms with van der Waals surface area (Å²) in [6, 6.07) is 3.52. The summed E-state index contributed by atoms with van der Waals surface area (Å²) in [5.41, 5.74) is 7.00. The number of nitrogens with one attached hydrogen (secondary N) is 1. The maximum Gasteiger partial charge on any atom is 0.257 e. The van der Waals surface area contributed by atoms with Crippen molar-refractivity contribution >= 4 is 45.4 Å². The van der Waals surface area contributed by atoms with Crippen molar-refractivity contribution in [3.05, 3.63) is 40.5 Å². The molecule has 3 rings (SSSR count). The van der Waals surface area contributed by atoms with E-state index in [0.29, 0.717) is 26.8 Å². The average Bonchev–Trinajstić information content (AvgIpc) is 3.17. The lowest BCUT2D eigenvalue weighted by molar-refractivity contribution is -0.111. The molecule has 2 aromatic rings. The molecule has 0 aromatic carbocycles. The van der Waals surface area contributed by atoms with Crippen LogP contribution in [-0.4, -0.2) is 15.9 Å². The summed E-state index contributed by atoms with van der Waals surface area (Å²) in [7, 11) is 0. The highest BCUT2D eigenvalue weighted by Gasteiger charge is 2.19. The van der Waals surface area contributed by atoms with Crippen LogP contribution in [0.5, 0.6) is 0 Å². The first kappa shape index (κ1) is 16.0. The fourth-order valence-corrected chi connectivity index (χ4v) is 3.51. The van der Waals surface area contributed by atoms with Gasteiger partial charge in [-0.05, 0) is 30.9 Å². The van der Waals surface area contributed by atoms with Gasteiger partial charge in [0.15, 0.2) is 5.13 Å². The molecule has 1 aliphatic carbocycles. The maximum absolute atomic E-state index is 12.7. The molecule has 0 saturated heterocycles. The van der Waals surface area contributed by atoms with E-state index in [-0.39, 0.29) is 5.91 Å². The van der Waals surface area contributed by atoms with Crippen molar-refractivity contribution in [1.82, 2.24) is 9.97 Å². The van der Waals surface area contributed by atoms with Crippen LogP contribution in [-0.2, 0) is 4.79 Å². The van der Waals surface area contributed by atoms with Gasteiger partial charge >= 0.3 is 0 Å². The number of hydrogen-bond acceptors (Lipinski definition) is 5. The number of thiazole rings is 1. The molecule has 5 nitrogen and oxygen atoms in total. The minimum Gasteiger partial charge on any atom is -0.384 e. The molecule has 0 bridgehead atoms. The lowest BCUT2D eigenvalue weighted by Crippen LogP contribution is -2.14. The number of carbonyl (C=O) groups excluding carboxylic acids is 1. The van der Waals surface area contributed by atoms with Gasteiger partial charge in [0.1, 0.15) is 10.2 Å². The van der Waals surface area contributed by atoms with E-state index in [0.717, 1.165) is 18.4 Å². The van der Waals surface area contributed by atoms with Crippen LogP contribution in [0, 0.1) is 5.92 Å². The van der Waals surface area contributed by atoms with E-state index in [1.807, 2.05) is 12.1 Å². The predicted molar refractivity (Wildman–Crippen MR) is 94.3 cm³/mol. The fourth-order valence-electron chi connectivity index (χ4n) is 2.70. The van der Waals surface area contributed by atoms with Crippen LogP contribution in [0.2, 0.25) is 4.34 Å². The van der Waals surface area contributed by atoms with Crippen LogP contribution in [0.25, 0.3) is 5.57 Å². The van der Waals surface area contributed by atoms with Crippen molar-refractivity contribution in [3.63, 3.8) is 0 Å². The lowest BCUT2D eigenvalue weighted by atomic mass is 9.99. The van der Waals surface area contributed by atoms with E-state index in [1.54, 1.807) is 12.3 Å². The van der Waals surface area contributed by atoms with E-state index in [2.05, 4.69) is 15.3 Å². The predicted octanol–water partition coefficient (Wildman–Crippen LogP) is 3.99. The Morgan fingerprint density at radius 1 is 1.30 bits per heavy atom. The highest BCUT2D eigenvalue weighted by atomic mass is 35.5. The molecule has 1 amide bonds. The third-order valence-electron chi connectivity index (χ3n) is 3.84. The zero-order valence-electron chi connectivity index (χ0n) is 12.5. The van der Waals surface area contributed by atoms with E-state index >= 15 is 0 Å². The third kappa shape index (κ3) is 4.09. The molecule has 120 valence electrons. The Kier molecular flexibility index (Phi) is 4.93. The molecular weight excluding hydrogens is 332 g/mol. The van der Waals surface area contributed by atoms with Gasteiger partial charge in [-0.3, -0.25) is 10.1 Å². The van der Waals surface area contributed by atoms with E-state index in [4.69, 9.17) is 17.3 Å². The highest BCUT2D eigenvalue weighted by Crippen LogP contribution is 2.30. The minimum atomic E-state index is -0.200. The topological polar surface area (TPSA) is 80.9 Å². The Labute approximate surface area is 143 Å². The standard InChI is InChI=1S/C16H17ClN4OS/c17-13-9-20-16(23-13)21-15(22)12(7-10-3-1-2-4-10)11-5-6-14(18)19-8-11/h5-10H,1-4H2,(H2,18,19)(H,20,21,22). The number of allylic oxidation sites excluding steroid dienone is 1. The van der Waals surface area contributed by atoms with Crippen LogP contribution in [0.4, 0.5) is 10.9 Å². The van der Waals surface area contributed by atoms with Crippen molar-refractivity contribution in [2.75, 3.05) is 11.1 Å². The molecule has 23 heavy (non-hydrogen) atoms. The van der Waals surface area contributed by atoms with Crippen LogP contribution in [0.1, 0.15) is 31.2 Å². The number of carbonyl (C=O) groups is 1. The number of nitrogen functional groups attached to an aromatic ring is 1. The second kappa shape index (κ2) is 7.10. The highest BCUT2D eigenvalue weighted by molar-refractivity contribution is 7.19. The van der Waals surface area contributed by atoms with Gasteiger partial charge in [-0.1, -0.05) is 41.9 Å². The molecule has 0 atom stereocenters. The molecule has 7 heteroatoms. The largest absolute Gasteiger partial charge is 0.384 e. The van der Waals surface area contributed by atoms with Crippen LogP contribution >= 0.6 is 22.9 Å². The first-order valence-electron chi connectivity index (χ1n) is 7.48. The summed E-state index contributed by atoms with van der Waals surface area (Å²) in [5, 5.41) is 3.29. The number of rotatable bonds is 4. The maximum atomic E-state index is 12.7. The van der Waals surface area contributed by atoms with Gasteiger partial charge in [0.05, 0.1) is 6.20 Å². The van der Waals surface area contributed by atoms with Gasteiger partial charge in [-0.2, -0.15) is 0 Å². The Bertz CT molecular complexity index is 720. The van der Waals surface area contributed by atoms with E-state index in [9.17, 15) is 4.79 Å². The average molecular weight is 349 g/mol. The zero-order valence-corrected chi connectivity index (χ0v) is 14.0. The number of nitrogens with two attached hydrogens (primary N) is 1. The summed E-state index contributed by atoms with van der Waals surface area (Å²) in [6.45, 7) is 0. The van der Waals surface area contributed by atoms with Crippen molar-refractivity contribution in [2.45, 2.75) is 25.7 Å². The number of hydrogen-bond donors (Lipinski definition) is 2. The van der Waals surface area contributed by atoms with Gasteiger partial charge in [0, 0.05) is 17.3 Å². The van der Waals surface area contributed by atoms with Crippen molar-refractivity contribution in [3.8, 4) is 0 Å². The van der Waals surface area contributed by atoms with Gasteiger partial charge < -0.3 is 5.73 Å². The Balaban J connectivity index is 1.87. The second-order valence-electron chi connectivity index (χ2n) is 5.52. The number of amides is 1. The molecule has 1 aliphatic rings. The van der Waals surface area contributed by atoms with Crippen LogP contribution in [0.3, 0.4) is 0 Å².